The fourth-order valence-electron chi connectivity index (χ4n) is 3.50. The van der Waals surface area contributed by atoms with E-state index in [0.29, 0.717) is 6.54 Å². The lowest BCUT2D eigenvalue weighted by atomic mass is 10.1. The van der Waals surface area contributed by atoms with Crippen LogP contribution in [0.1, 0.15) is 11.1 Å². The number of rotatable bonds is 6. The van der Waals surface area contributed by atoms with Crippen molar-refractivity contribution in [1.29, 1.82) is 0 Å². The average Bonchev–Trinajstić information content (AvgIpc) is 2.66. The van der Waals surface area contributed by atoms with Crippen LogP contribution < -0.4 is 19.9 Å². The highest BCUT2D eigenvalue weighted by atomic mass is 16.5. The molecule has 0 saturated carbocycles. The molecular formula is C21H29N3O2+2. The molecule has 3 rings (SSSR count). The van der Waals surface area contributed by atoms with Crippen LogP contribution in [-0.2, 0) is 11.3 Å². The SMILES string of the molecule is COc1ccc(NC(=O)C[NH+]2CC[NH+](Cc3ccccc3C)CC2)cc1. The zero-order chi connectivity index (χ0) is 18.4. The van der Waals surface area contributed by atoms with Crippen LogP contribution in [-0.4, -0.2) is 45.7 Å². The minimum absolute atomic E-state index is 0.0764. The van der Waals surface area contributed by atoms with Crippen molar-refractivity contribution in [2.75, 3.05) is 45.2 Å². The van der Waals surface area contributed by atoms with Crippen LogP contribution in [0.4, 0.5) is 5.69 Å². The number of benzene rings is 2. The van der Waals surface area contributed by atoms with E-state index in [9.17, 15) is 4.79 Å². The molecule has 5 nitrogen and oxygen atoms in total. The highest BCUT2D eigenvalue weighted by Gasteiger charge is 2.25. The lowest BCUT2D eigenvalue weighted by Gasteiger charge is -2.29. The van der Waals surface area contributed by atoms with Gasteiger partial charge in [0.25, 0.3) is 5.91 Å². The third-order valence-electron chi connectivity index (χ3n) is 5.15. The van der Waals surface area contributed by atoms with Crippen molar-refractivity contribution in [3.05, 3.63) is 59.7 Å². The number of ether oxygens (including phenoxy) is 1. The number of methoxy groups -OCH3 is 1. The van der Waals surface area contributed by atoms with Crippen LogP contribution >= 0.6 is 0 Å². The molecule has 1 saturated heterocycles. The number of quaternary nitrogens is 2. The summed E-state index contributed by atoms with van der Waals surface area (Å²) in [5, 5.41) is 2.98. The molecule has 0 unspecified atom stereocenters. The first-order valence-corrected chi connectivity index (χ1v) is 9.29. The highest BCUT2D eigenvalue weighted by molar-refractivity contribution is 5.91. The van der Waals surface area contributed by atoms with Crippen molar-refractivity contribution in [1.82, 2.24) is 0 Å². The minimum Gasteiger partial charge on any atom is -0.497 e. The molecule has 3 N–H and O–H groups in total. The van der Waals surface area contributed by atoms with Gasteiger partial charge < -0.3 is 19.9 Å². The number of carbonyl (C=O) groups is 1. The Kier molecular flexibility index (Phi) is 6.26. The van der Waals surface area contributed by atoms with Gasteiger partial charge in [0.2, 0.25) is 0 Å². The van der Waals surface area contributed by atoms with E-state index in [-0.39, 0.29) is 5.91 Å². The van der Waals surface area contributed by atoms with Crippen molar-refractivity contribution in [2.24, 2.45) is 0 Å². The van der Waals surface area contributed by atoms with Crippen LogP contribution in [0.3, 0.4) is 0 Å². The van der Waals surface area contributed by atoms with Gasteiger partial charge in [-0.25, -0.2) is 0 Å². The van der Waals surface area contributed by atoms with Crippen LogP contribution in [0.25, 0.3) is 0 Å². The first kappa shape index (κ1) is 18.4. The first-order chi connectivity index (χ1) is 12.6. The molecule has 1 aliphatic rings. The molecule has 0 spiro atoms. The van der Waals surface area contributed by atoms with Crippen LogP contribution in [0, 0.1) is 6.92 Å². The van der Waals surface area contributed by atoms with Crippen LogP contribution in [0.5, 0.6) is 5.75 Å². The molecular weight excluding hydrogens is 326 g/mol. The molecule has 1 fully saturated rings. The van der Waals surface area contributed by atoms with E-state index >= 15 is 0 Å². The lowest BCUT2D eigenvalue weighted by Crippen LogP contribution is -3.28. The molecule has 0 atom stereocenters. The van der Waals surface area contributed by atoms with Gasteiger partial charge >= 0.3 is 0 Å². The first-order valence-electron chi connectivity index (χ1n) is 9.29. The molecule has 0 bridgehead atoms. The average molecular weight is 355 g/mol. The van der Waals surface area contributed by atoms with E-state index < -0.39 is 0 Å². The van der Waals surface area contributed by atoms with Crippen LogP contribution in [0.15, 0.2) is 48.5 Å². The predicted molar refractivity (Wildman–Crippen MR) is 103 cm³/mol. The molecule has 2 aromatic carbocycles. The number of nitrogens with one attached hydrogen (secondary N) is 3. The molecule has 0 aliphatic carbocycles. The quantitative estimate of drug-likeness (QED) is 0.679. The monoisotopic (exact) mass is 355 g/mol. The number of anilines is 1. The van der Waals surface area contributed by atoms with Gasteiger partial charge in [-0.15, -0.1) is 0 Å². The molecule has 2 aromatic rings. The van der Waals surface area contributed by atoms with Crippen molar-refractivity contribution >= 4 is 11.6 Å². The normalized spacial score (nSPS) is 19.8. The maximum Gasteiger partial charge on any atom is 0.279 e. The number of carbonyl (C=O) groups excluding carboxylic acids is 1. The highest BCUT2D eigenvalue weighted by Crippen LogP contribution is 2.14. The molecule has 0 radical (unpaired) electrons. The third kappa shape index (κ3) is 5.07. The number of piperazine rings is 1. The van der Waals surface area contributed by atoms with E-state index in [1.165, 1.54) is 16.0 Å². The summed E-state index contributed by atoms with van der Waals surface area (Å²) < 4.78 is 5.14. The Morgan fingerprint density at radius 3 is 2.31 bits per heavy atom. The summed E-state index contributed by atoms with van der Waals surface area (Å²) in [5.74, 6) is 0.869. The Labute approximate surface area is 155 Å². The standard InChI is InChI=1S/C21H27N3O2/c1-17-5-3-4-6-18(17)15-23-11-13-24(14-12-23)16-21(25)22-19-7-9-20(26-2)10-8-19/h3-10H,11-16H2,1-2H3,(H,22,25)/p+2. The zero-order valence-electron chi connectivity index (χ0n) is 15.7. The summed E-state index contributed by atoms with van der Waals surface area (Å²) in [6.07, 6.45) is 0. The van der Waals surface area contributed by atoms with Gasteiger partial charge in [-0.05, 0) is 36.8 Å². The van der Waals surface area contributed by atoms with E-state index in [0.717, 1.165) is 44.2 Å². The van der Waals surface area contributed by atoms with Gasteiger partial charge in [-0.1, -0.05) is 24.3 Å². The second-order valence-electron chi connectivity index (χ2n) is 7.06. The van der Waals surface area contributed by atoms with E-state index in [4.69, 9.17) is 4.74 Å². The summed E-state index contributed by atoms with van der Waals surface area (Å²) in [7, 11) is 1.64. The van der Waals surface area contributed by atoms with E-state index in [2.05, 4.69) is 36.5 Å². The summed E-state index contributed by atoms with van der Waals surface area (Å²) in [6.45, 7) is 8.09. The number of aryl methyl sites for hydroxylation is 1. The minimum atomic E-state index is 0.0764. The van der Waals surface area contributed by atoms with Gasteiger partial charge in [0, 0.05) is 11.3 Å². The predicted octanol–water partition coefficient (Wildman–Crippen LogP) is -0.0743. The van der Waals surface area contributed by atoms with E-state index in [1.54, 1.807) is 12.0 Å². The topological polar surface area (TPSA) is 47.2 Å². The van der Waals surface area contributed by atoms with Crippen molar-refractivity contribution in [2.45, 2.75) is 13.5 Å². The maximum absolute atomic E-state index is 12.3. The van der Waals surface area contributed by atoms with Gasteiger partial charge in [-0.2, -0.15) is 0 Å². The second kappa shape index (κ2) is 8.83. The van der Waals surface area contributed by atoms with Gasteiger partial charge in [0.15, 0.2) is 6.54 Å². The summed E-state index contributed by atoms with van der Waals surface area (Å²) >= 11 is 0. The largest absolute Gasteiger partial charge is 0.497 e. The van der Waals surface area contributed by atoms with E-state index in [1.807, 2.05) is 24.3 Å². The summed E-state index contributed by atoms with van der Waals surface area (Å²) in [4.78, 5) is 15.3. The summed E-state index contributed by atoms with van der Waals surface area (Å²) in [6, 6.07) is 16.1. The Bertz CT molecular complexity index is 722. The maximum atomic E-state index is 12.3. The molecule has 26 heavy (non-hydrogen) atoms. The Morgan fingerprint density at radius 1 is 1.00 bits per heavy atom. The molecule has 1 aliphatic heterocycles. The third-order valence-corrected chi connectivity index (χ3v) is 5.15. The summed E-state index contributed by atoms with van der Waals surface area (Å²) in [5.41, 5.74) is 3.62. The molecule has 1 amide bonds. The van der Waals surface area contributed by atoms with Crippen molar-refractivity contribution in [3.8, 4) is 5.75 Å². The number of hydrogen-bond acceptors (Lipinski definition) is 2. The van der Waals surface area contributed by atoms with Crippen molar-refractivity contribution < 1.29 is 19.3 Å². The fraction of sp³-hybridized carbons (Fsp3) is 0.381. The fourth-order valence-corrected chi connectivity index (χ4v) is 3.50. The molecule has 138 valence electrons. The Balaban J connectivity index is 1.43. The molecule has 1 heterocycles. The number of hydrogen-bond donors (Lipinski definition) is 3. The molecule has 5 heteroatoms. The van der Waals surface area contributed by atoms with Crippen LogP contribution in [0.2, 0.25) is 0 Å². The molecule has 0 aromatic heterocycles. The smallest absolute Gasteiger partial charge is 0.279 e. The van der Waals surface area contributed by atoms with Crippen molar-refractivity contribution in [3.63, 3.8) is 0 Å². The Morgan fingerprint density at radius 2 is 1.65 bits per heavy atom. The van der Waals surface area contributed by atoms with Gasteiger partial charge in [0.05, 0.1) is 7.11 Å². The lowest BCUT2D eigenvalue weighted by molar-refractivity contribution is -1.02. The Hall–Kier alpha value is -2.37. The number of amides is 1. The van der Waals surface area contributed by atoms with Gasteiger partial charge in [0.1, 0.15) is 38.5 Å². The second-order valence-corrected chi connectivity index (χ2v) is 7.06. The van der Waals surface area contributed by atoms with Gasteiger partial charge in [-0.3, -0.25) is 4.79 Å². The zero-order valence-corrected chi connectivity index (χ0v) is 15.7.